The summed E-state index contributed by atoms with van der Waals surface area (Å²) in [5.74, 6) is -1.45. The fourth-order valence-corrected chi connectivity index (χ4v) is 4.15. The van der Waals surface area contributed by atoms with Crippen molar-refractivity contribution in [3.05, 3.63) is 65.7 Å². The first kappa shape index (κ1) is 27.3. The lowest BCUT2D eigenvalue weighted by molar-refractivity contribution is -0.159. The molecule has 196 valence electrons. The second kappa shape index (κ2) is 12.6. The number of carbonyl (C=O) groups is 3. The van der Waals surface area contributed by atoms with Gasteiger partial charge in [-0.1, -0.05) is 36.4 Å². The van der Waals surface area contributed by atoms with Gasteiger partial charge in [-0.2, -0.15) is 0 Å². The Labute approximate surface area is 214 Å². The van der Waals surface area contributed by atoms with Crippen LogP contribution in [0.4, 0.5) is 0 Å². The molecule has 1 amide bonds. The van der Waals surface area contributed by atoms with E-state index < -0.39 is 11.9 Å². The van der Waals surface area contributed by atoms with Crippen LogP contribution < -0.4 is 14.2 Å². The number of fused-ring (bicyclic) bond motifs is 1. The number of hydrogen-bond acceptors (Lipinski definition) is 7. The summed E-state index contributed by atoms with van der Waals surface area (Å²) in [6, 6.07) is 17.8. The van der Waals surface area contributed by atoms with Gasteiger partial charge >= 0.3 is 11.9 Å². The molecule has 3 aromatic carbocycles. The van der Waals surface area contributed by atoms with Gasteiger partial charge in [-0.15, -0.1) is 0 Å². The maximum Gasteiger partial charge on any atom is 0.414 e. The number of carboxylic acid groups (broad SMARTS) is 2. The molecule has 0 saturated carbocycles. The summed E-state index contributed by atoms with van der Waals surface area (Å²) in [6.45, 7) is 3.71. The Hall–Kier alpha value is -4.31. The molecule has 10 nitrogen and oxygen atoms in total. The topological polar surface area (TPSA) is 126 Å². The summed E-state index contributed by atoms with van der Waals surface area (Å²) in [6.07, 6.45) is 0. The van der Waals surface area contributed by atoms with Crippen LogP contribution in [-0.4, -0.2) is 85.4 Å². The summed E-state index contributed by atoms with van der Waals surface area (Å²) in [4.78, 5) is 35.7. The predicted molar refractivity (Wildman–Crippen MR) is 136 cm³/mol. The number of rotatable bonds is 6. The van der Waals surface area contributed by atoms with Crippen LogP contribution in [0.1, 0.15) is 15.9 Å². The number of carbonyl (C=O) groups excluding carboxylic acids is 1. The molecule has 0 radical (unpaired) electrons. The first-order chi connectivity index (χ1) is 17.8. The van der Waals surface area contributed by atoms with Crippen molar-refractivity contribution in [2.75, 3.05) is 47.5 Å². The lowest BCUT2D eigenvalue weighted by Crippen LogP contribution is -2.48. The standard InChI is InChI=1S/C25H28N2O4.C2H2O4/c1-29-22-16-24(31-3)23(30-2)15-19(22)17-26-11-13-27(14-12-26)25(28)21-10-6-8-18-7-4-5-9-20(18)21;3-1(4)2(5)6/h4-10,15-16H,11-14,17H2,1-3H3;(H,3,4)(H,5,6). The maximum absolute atomic E-state index is 13.2. The van der Waals surface area contributed by atoms with Gasteiger partial charge in [0.25, 0.3) is 5.91 Å². The van der Waals surface area contributed by atoms with Gasteiger partial charge in [0.1, 0.15) is 5.75 Å². The van der Waals surface area contributed by atoms with Crippen LogP contribution in [0.15, 0.2) is 54.6 Å². The van der Waals surface area contributed by atoms with E-state index in [1.54, 1.807) is 21.3 Å². The van der Waals surface area contributed by atoms with E-state index in [1.165, 1.54) is 0 Å². The van der Waals surface area contributed by atoms with Crippen LogP contribution in [0.3, 0.4) is 0 Å². The number of nitrogens with zero attached hydrogens (tertiary/aromatic N) is 2. The monoisotopic (exact) mass is 510 g/mol. The SMILES string of the molecule is COc1cc(OC)c(OC)cc1CN1CCN(C(=O)c2cccc3ccccc23)CC1.O=C(O)C(=O)O. The average Bonchev–Trinajstić information content (AvgIpc) is 2.92. The summed E-state index contributed by atoms with van der Waals surface area (Å²) >= 11 is 0. The van der Waals surface area contributed by atoms with Gasteiger partial charge in [-0.3, -0.25) is 9.69 Å². The van der Waals surface area contributed by atoms with E-state index in [0.717, 1.165) is 47.3 Å². The molecule has 10 heteroatoms. The first-order valence-corrected chi connectivity index (χ1v) is 11.5. The number of hydrogen-bond donors (Lipinski definition) is 2. The van der Waals surface area contributed by atoms with Crippen molar-refractivity contribution in [3.63, 3.8) is 0 Å². The van der Waals surface area contributed by atoms with Gasteiger partial charge in [-0.05, 0) is 22.9 Å². The normalized spacial score (nSPS) is 13.3. The number of amides is 1. The van der Waals surface area contributed by atoms with E-state index in [9.17, 15) is 4.79 Å². The molecule has 4 rings (SSSR count). The van der Waals surface area contributed by atoms with Crippen molar-refractivity contribution < 1.29 is 38.8 Å². The molecule has 1 aliphatic rings. The van der Waals surface area contributed by atoms with E-state index in [4.69, 9.17) is 34.0 Å². The van der Waals surface area contributed by atoms with Crippen LogP contribution in [-0.2, 0) is 16.1 Å². The number of aliphatic carboxylic acids is 2. The minimum atomic E-state index is -1.82. The zero-order valence-electron chi connectivity index (χ0n) is 21.0. The van der Waals surface area contributed by atoms with Crippen molar-refractivity contribution in [3.8, 4) is 17.2 Å². The molecule has 3 aromatic rings. The van der Waals surface area contributed by atoms with Crippen molar-refractivity contribution in [1.29, 1.82) is 0 Å². The Kier molecular flexibility index (Phi) is 9.28. The molecule has 0 atom stereocenters. The predicted octanol–water partition coefficient (Wildman–Crippen LogP) is 2.98. The molecule has 1 saturated heterocycles. The van der Waals surface area contributed by atoms with Crippen molar-refractivity contribution >= 4 is 28.6 Å². The van der Waals surface area contributed by atoms with Gasteiger partial charge in [0, 0.05) is 49.9 Å². The summed E-state index contributed by atoms with van der Waals surface area (Å²) in [5, 5.41) is 16.9. The third-order valence-electron chi connectivity index (χ3n) is 6.04. The van der Waals surface area contributed by atoms with Crippen LogP contribution in [0.2, 0.25) is 0 Å². The molecule has 2 N–H and O–H groups in total. The van der Waals surface area contributed by atoms with Crippen molar-refractivity contribution in [2.24, 2.45) is 0 Å². The number of carboxylic acids is 2. The molecule has 0 aliphatic carbocycles. The fraction of sp³-hybridized carbons (Fsp3) is 0.296. The highest BCUT2D eigenvalue weighted by atomic mass is 16.5. The number of methoxy groups -OCH3 is 3. The van der Waals surface area contributed by atoms with Crippen LogP contribution in [0.25, 0.3) is 10.8 Å². The largest absolute Gasteiger partial charge is 0.496 e. The Balaban J connectivity index is 0.000000568. The molecule has 0 bridgehead atoms. The summed E-state index contributed by atoms with van der Waals surface area (Å²) in [7, 11) is 4.90. The third-order valence-corrected chi connectivity index (χ3v) is 6.04. The maximum atomic E-state index is 13.2. The zero-order valence-corrected chi connectivity index (χ0v) is 21.0. The molecular weight excluding hydrogens is 480 g/mol. The third kappa shape index (κ3) is 6.68. The highest BCUT2D eigenvalue weighted by Gasteiger charge is 2.24. The van der Waals surface area contributed by atoms with E-state index in [0.29, 0.717) is 24.6 Å². The van der Waals surface area contributed by atoms with Gasteiger partial charge < -0.3 is 29.3 Å². The average molecular weight is 511 g/mol. The minimum absolute atomic E-state index is 0.0974. The molecule has 0 aromatic heterocycles. The Morgan fingerprint density at radius 1 is 0.757 bits per heavy atom. The highest BCUT2D eigenvalue weighted by Crippen LogP contribution is 2.35. The van der Waals surface area contributed by atoms with Crippen LogP contribution in [0.5, 0.6) is 17.2 Å². The summed E-state index contributed by atoms with van der Waals surface area (Å²) < 4.78 is 16.4. The van der Waals surface area contributed by atoms with E-state index >= 15 is 0 Å². The Morgan fingerprint density at radius 2 is 1.32 bits per heavy atom. The van der Waals surface area contributed by atoms with E-state index in [1.807, 2.05) is 59.5 Å². The quantitative estimate of drug-likeness (QED) is 0.481. The number of piperazine rings is 1. The smallest absolute Gasteiger partial charge is 0.414 e. The zero-order chi connectivity index (χ0) is 26.9. The lowest BCUT2D eigenvalue weighted by atomic mass is 10.0. The Morgan fingerprint density at radius 3 is 1.92 bits per heavy atom. The van der Waals surface area contributed by atoms with Crippen LogP contribution in [0, 0.1) is 0 Å². The Bertz CT molecular complexity index is 1250. The van der Waals surface area contributed by atoms with Gasteiger partial charge in [-0.25, -0.2) is 9.59 Å². The first-order valence-electron chi connectivity index (χ1n) is 11.5. The number of benzene rings is 3. The second-order valence-electron chi connectivity index (χ2n) is 8.22. The van der Waals surface area contributed by atoms with E-state index in [-0.39, 0.29) is 5.91 Å². The van der Waals surface area contributed by atoms with Crippen molar-refractivity contribution in [1.82, 2.24) is 9.80 Å². The molecular formula is C27H30N2O8. The second-order valence-corrected chi connectivity index (χ2v) is 8.22. The van der Waals surface area contributed by atoms with Crippen LogP contribution >= 0.6 is 0 Å². The highest BCUT2D eigenvalue weighted by molar-refractivity contribution is 6.27. The van der Waals surface area contributed by atoms with Gasteiger partial charge in [0.05, 0.1) is 21.3 Å². The fourth-order valence-electron chi connectivity index (χ4n) is 4.15. The molecule has 0 spiro atoms. The number of ether oxygens (including phenoxy) is 3. The van der Waals surface area contributed by atoms with E-state index in [2.05, 4.69) is 4.90 Å². The molecule has 37 heavy (non-hydrogen) atoms. The van der Waals surface area contributed by atoms with Gasteiger partial charge in [0.15, 0.2) is 11.5 Å². The molecule has 1 aliphatic heterocycles. The lowest BCUT2D eigenvalue weighted by Gasteiger charge is -2.35. The molecule has 0 unspecified atom stereocenters. The minimum Gasteiger partial charge on any atom is -0.496 e. The molecule has 1 heterocycles. The van der Waals surface area contributed by atoms with Gasteiger partial charge in [0.2, 0.25) is 0 Å². The summed E-state index contributed by atoms with van der Waals surface area (Å²) in [5.41, 5.74) is 1.81. The molecule has 1 fully saturated rings. The van der Waals surface area contributed by atoms with Crippen molar-refractivity contribution in [2.45, 2.75) is 6.54 Å².